The van der Waals surface area contributed by atoms with Gasteiger partial charge in [-0.1, -0.05) is 6.07 Å². The zero-order valence-electron chi connectivity index (χ0n) is 8.44. The maximum atomic E-state index is 5.94. The predicted molar refractivity (Wildman–Crippen MR) is 54.8 cm³/mol. The number of nitrogens with two attached hydrogens (primary N) is 1. The van der Waals surface area contributed by atoms with Crippen molar-refractivity contribution in [3.63, 3.8) is 0 Å². The Bertz CT molecular complexity index is 301. The molecule has 0 bridgehead atoms. The van der Waals surface area contributed by atoms with Crippen LogP contribution in [-0.2, 0) is 10.3 Å². The molecule has 3 heteroatoms. The van der Waals surface area contributed by atoms with Gasteiger partial charge in [0.2, 0.25) is 0 Å². The van der Waals surface area contributed by atoms with Gasteiger partial charge in [0.25, 0.3) is 0 Å². The van der Waals surface area contributed by atoms with E-state index in [-0.39, 0.29) is 11.6 Å². The summed E-state index contributed by atoms with van der Waals surface area (Å²) in [4.78, 5) is 4.33. The van der Waals surface area contributed by atoms with Crippen molar-refractivity contribution in [1.29, 1.82) is 0 Å². The van der Waals surface area contributed by atoms with Gasteiger partial charge in [-0.3, -0.25) is 4.98 Å². The van der Waals surface area contributed by atoms with Crippen LogP contribution in [0.15, 0.2) is 24.4 Å². The maximum absolute atomic E-state index is 5.94. The van der Waals surface area contributed by atoms with Crippen molar-refractivity contribution in [2.75, 3.05) is 6.61 Å². The fourth-order valence-electron chi connectivity index (χ4n) is 1.95. The molecule has 2 heterocycles. The monoisotopic (exact) mass is 192 g/mol. The van der Waals surface area contributed by atoms with Gasteiger partial charge in [-0.15, -0.1) is 0 Å². The van der Waals surface area contributed by atoms with Gasteiger partial charge in [0.15, 0.2) is 0 Å². The van der Waals surface area contributed by atoms with Gasteiger partial charge in [-0.2, -0.15) is 0 Å². The molecule has 1 saturated heterocycles. The second-order valence-corrected chi connectivity index (χ2v) is 4.05. The van der Waals surface area contributed by atoms with E-state index in [2.05, 4.69) is 11.9 Å². The molecule has 1 aromatic rings. The molecule has 2 unspecified atom stereocenters. The summed E-state index contributed by atoms with van der Waals surface area (Å²) in [6, 6.07) is 6.13. The number of ether oxygens (including phenoxy) is 1. The van der Waals surface area contributed by atoms with E-state index in [1.807, 2.05) is 18.2 Å². The van der Waals surface area contributed by atoms with Crippen LogP contribution in [0.25, 0.3) is 0 Å². The third kappa shape index (κ3) is 1.79. The topological polar surface area (TPSA) is 48.1 Å². The summed E-state index contributed by atoms with van der Waals surface area (Å²) in [7, 11) is 0. The van der Waals surface area contributed by atoms with Crippen molar-refractivity contribution in [2.45, 2.75) is 31.4 Å². The summed E-state index contributed by atoms with van der Waals surface area (Å²) in [5.74, 6) is 0. The normalized spacial score (nSPS) is 32.9. The molecule has 0 aromatic carbocycles. The molecule has 1 fully saturated rings. The highest BCUT2D eigenvalue weighted by atomic mass is 16.5. The Morgan fingerprint density at radius 1 is 1.57 bits per heavy atom. The number of pyridine rings is 1. The van der Waals surface area contributed by atoms with Crippen molar-refractivity contribution >= 4 is 0 Å². The molecule has 3 nitrogen and oxygen atoms in total. The first kappa shape index (κ1) is 9.62. The number of rotatable bonds is 1. The maximum Gasteiger partial charge on any atom is 0.109 e. The molecule has 0 aliphatic carbocycles. The fourth-order valence-corrected chi connectivity index (χ4v) is 1.95. The van der Waals surface area contributed by atoms with E-state index in [9.17, 15) is 0 Å². The lowest BCUT2D eigenvalue weighted by molar-refractivity contribution is -0.0793. The summed E-state index contributed by atoms with van der Waals surface area (Å²) in [5, 5.41) is 0. The lowest BCUT2D eigenvalue weighted by Gasteiger charge is -2.36. The third-order valence-corrected chi connectivity index (χ3v) is 2.77. The summed E-state index contributed by atoms with van der Waals surface area (Å²) in [5.41, 5.74) is 6.63. The molecule has 0 amide bonds. The Hall–Kier alpha value is -0.930. The van der Waals surface area contributed by atoms with Crippen molar-refractivity contribution in [2.24, 2.45) is 5.73 Å². The van der Waals surface area contributed by atoms with Crippen LogP contribution in [-0.4, -0.2) is 17.6 Å². The molecule has 2 N–H and O–H groups in total. The van der Waals surface area contributed by atoms with Crippen LogP contribution in [0.4, 0.5) is 0 Å². The van der Waals surface area contributed by atoms with E-state index in [0.29, 0.717) is 0 Å². The summed E-state index contributed by atoms with van der Waals surface area (Å²) in [6.45, 7) is 2.79. The Balaban J connectivity index is 2.23. The summed E-state index contributed by atoms with van der Waals surface area (Å²) >= 11 is 0. The molecule has 1 aliphatic rings. The highest BCUT2D eigenvalue weighted by molar-refractivity contribution is 5.13. The Labute approximate surface area is 84.3 Å². The van der Waals surface area contributed by atoms with Crippen LogP contribution >= 0.6 is 0 Å². The van der Waals surface area contributed by atoms with Gasteiger partial charge in [-0.05, 0) is 31.9 Å². The average molecular weight is 192 g/mol. The van der Waals surface area contributed by atoms with E-state index in [1.165, 1.54) is 0 Å². The van der Waals surface area contributed by atoms with Crippen LogP contribution in [0.3, 0.4) is 0 Å². The fraction of sp³-hybridized carbons (Fsp3) is 0.545. The average Bonchev–Trinajstić information content (AvgIpc) is 2.19. The predicted octanol–water partition coefficient (Wildman–Crippen LogP) is 1.43. The number of nitrogens with zero attached hydrogens (tertiary/aromatic N) is 1. The quantitative estimate of drug-likeness (QED) is 0.732. The zero-order valence-corrected chi connectivity index (χ0v) is 8.44. The zero-order chi connectivity index (χ0) is 10.0. The first-order chi connectivity index (χ1) is 6.71. The summed E-state index contributed by atoms with van der Waals surface area (Å²) < 4.78 is 5.78. The van der Waals surface area contributed by atoms with Crippen LogP contribution in [0.5, 0.6) is 0 Å². The van der Waals surface area contributed by atoms with E-state index in [1.54, 1.807) is 6.20 Å². The van der Waals surface area contributed by atoms with E-state index < -0.39 is 0 Å². The molecule has 0 saturated carbocycles. The number of aromatic nitrogens is 1. The van der Waals surface area contributed by atoms with Crippen molar-refractivity contribution in [1.82, 2.24) is 4.98 Å². The number of hydrogen-bond acceptors (Lipinski definition) is 3. The number of hydrogen-bond donors (Lipinski definition) is 1. The third-order valence-electron chi connectivity index (χ3n) is 2.77. The van der Waals surface area contributed by atoms with Gasteiger partial charge < -0.3 is 10.5 Å². The molecule has 1 aliphatic heterocycles. The highest BCUT2D eigenvalue weighted by Gasteiger charge is 2.34. The van der Waals surface area contributed by atoms with E-state index >= 15 is 0 Å². The smallest absolute Gasteiger partial charge is 0.109 e. The van der Waals surface area contributed by atoms with Crippen LogP contribution in [0.1, 0.15) is 25.5 Å². The van der Waals surface area contributed by atoms with Crippen LogP contribution in [0, 0.1) is 0 Å². The van der Waals surface area contributed by atoms with Gasteiger partial charge >= 0.3 is 0 Å². The molecule has 2 rings (SSSR count). The second kappa shape index (κ2) is 3.67. The molecule has 0 spiro atoms. The molecular formula is C11H16N2O. The lowest BCUT2D eigenvalue weighted by atomic mass is 9.89. The van der Waals surface area contributed by atoms with E-state index in [0.717, 1.165) is 25.1 Å². The molecule has 76 valence electrons. The minimum absolute atomic E-state index is 0.232. The Morgan fingerprint density at radius 3 is 3.07 bits per heavy atom. The molecule has 14 heavy (non-hydrogen) atoms. The first-order valence-corrected chi connectivity index (χ1v) is 5.02. The Morgan fingerprint density at radius 2 is 2.43 bits per heavy atom. The van der Waals surface area contributed by atoms with Gasteiger partial charge in [0, 0.05) is 18.8 Å². The van der Waals surface area contributed by atoms with Gasteiger partial charge in [0.05, 0.1) is 5.69 Å². The minimum atomic E-state index is -0.293. The first-order valence-electron chi connectivity index (χ1n) is 5.02. The lowest BCUT2D eigenvalue weighted by Crippen LogP contribution is -2.41. The molecule has 1 aromatic heterocycles. The van der Waals surface area contributed by atoms with Crippen molar-refractivity contribution in [3.8, 4) is 0 Å². The second-order valence-electron chi connectivity index (χ2n) is 4.05. The standard InChI is InChI=1S/C11H16N2O/c1-11(8-9(12)5-7-14-11)10-4-2-3-6-13-10/h2-4,6,9H,5,7-8,12H2,1H3. The molecule has 0 radical (unpaired) electrons. The van der Waals surface area contributed by atoms with Crippen molar-refractivity contribution in [3.05, 3.63) is 30.1 Å². The molecular weight excluding hydrogens is 176 g/mol. The van der Waals surface area contributed by atoms with Gasteiger partial charge in [0.1, 0.15) is 5.60 Å². The SMILES string of the molecule is CC1(c2ccccn2)CC(N)CCO1. The largest absolute Gasteiger partial charge is 0.369 e. The minimum Gasteiger partial charge on any atom is -0.369 e. The van der Waals surface area contributed by atoms with Gasteiger partial charge in [-0.25, -0.2) is 0 Å². The summed E-state index contributed by atoms with van der Waals surface area (Å²) in [6.07, 6.45) is 3.59. The van der Waals surface area contributed by atoms with E-state index in [4.69, 9.17) is 10.5 Å². The molecule has 2 atom stereocenters. The Kier molecular flexibility index (Phi) is 2.52. The highest BCUT2D eigenvalue weighted by Crippen LogP contribution is 2.32. The van der Waals surface area contributed by atoms with Crippen molar-refractivity contribution < 1.29 is 4.74 Å². The van der Waals surface area contributed by atoms with Crippen LogP contribution in [0.2, 0.25) is 0 Å². The van der Waals surface area contributed by atoms with Crippen LogP contribution < -0.4 is 5.73 Å².